The van der Waals surface area contributed by atoms with Gasteiger partial charge in [-0.1, -0.05) is 15.9 Å². The number of rotatable bonds is 6. The van der Waals surface area contributed by atoms with Gasteiger partial charge in [-0.05, 0) is 24.3 Å². The van der Waals surface area contributed by atoms with E-state index in [0.717, 1.165) is 4.47 Å². The van der Waals surface area contributed by atoms with Gasteiger partial charge in [-0.15, -0.1) is 0 Å². The Morgan fingerprint density at radius 3 is 2.71 bits per heavy atom. The molecule has 1 aliphatic heterocycles. The molecule has 164 valence electrons. The molecule has 1 fully saturated rings. The number of ether oxygens (including phenoxy) is 2. The number of aliphatic hydroxyl groups excluding tert-OH is 3. The standard InChI is InChI=1S/C18H18BrN5O7/c19-8-1-3-9(4-2-8)30-6-11(26)21-18-22-15-12(16(29)23-18)20-7-24(15)17-14(28)13(27)10(5-25)31-17/h1-4,7,10,13-14,17,25,27-28H,5-6H2,(H2,21,22,23,26,29)/t10-,13+,14-,17-/m0/s1. The first-order valence-corrected chi connectivity index (χ1v) is 9.94. The second-order valence-electron chi connectivity index (χ2n) is 6.76. The van der Waals surface area contributed by atoms with Crippen LogP contribution in [0.2, 0.25) is 0 Å². The van der Waals surface area contributed by atoms with Crippen LogP contribution in [-0.4, -0.2) is 72.3 Å². The van der Waals surface area contributed by atoms with Crippen molar-refractivity contribution in [2.75, 3.05) is 18.5 Å². The lowest BCUT2D eigenvalue weighted by molar-refractivity contribution is -0.118. The lowest BCUT2D eigenvalue weighted by Crippen LogP contribution is -2.33. The van der Waals surface area contributed by atoms with Crippen LogP contribution in [0.3, 0.4) is 0 Å². The number of nitrogens with one attached hydrogen (secondary N) is 2. The van der Waals surface area contributed by atoms with E-state index in [1.54, 1.807) is 24.3 Å². The molecular weight excluding hydrogens is 478 g/mol. The number of aromatic amines is 1. The van der Waals surface area contributed by atoms with Crippen molar-refractivity contribution >= 4 is 38.9 Å². The zero-order valence-electron chi connectivity index (χ0n) is 15.8. The summed E-state index contributed by atoms with van der Waals surface area (Å²) in [7, 11) is 0. The van der Waals surface area contributed by atoms with Gasteiger partial charge in [0.05, 0.1) is 12.9 Å². The molecule has 0 spiro atoms. The third kappa shape index (κ3) is 4.31. The monoisotopic (exact) mass is 495 g/mol. The van der Waals surface area contributed by atoms with E-state index in [1.165, 1.54) is 10.9 Å². The van der Waals surface area contributed by atoms with Crippen molar-refractivity contribution in [1.82, 2.24) is 19.5 Å². The number of H-pyrrole nitrogens is 1. The van der Waals surface area contributed by atoms with Crippen LogP contribution in [0.15, 0.2) is 39.9 Å². The summed E-state index contributed by atoms with van der Waals surface area (Å²) in [5.74, 6) is -0.238. The third-order valence-electron chi connectivity index (χ3n) is 4.67. The van der Waals surface area contributed by atoms with Gasteiger partial charge >= 0.3 is 0 Å². The number of carbonyl (C=O) groups excluding carboxylic acids is 1. The maximum atomic E-state index is 12.3. The molecule has 1 amide bonds. The number of hydrogen-bond donors (Lipinski definition) is 5. The van der Waals surface area contributed by atoms with Crippen LogP contribution >= 0.6 is 15.9 Å². The molecule has 3 heterocycles. The van der Waals surface area contributed by atoms with Gasteiger partial charge in [-0.25, -0.2) is 4.98 Å². The molecule has 4 atom stereocenters. The number of anilines is 1. The fourth-order valence-corrected chi connectivity index (χ4v) is 3.39. The van der Waals surface area contributed by atoms with E-state index in [0.29, 0.717) is 5.75 Å². The molecule has 5 N–H and O–H groups in total. The van der Waals surface area contributed by atoms with Gasteiger partial charge < -0.3 is 24.8 Å². The number of imidazole rings is 1. The Kier molecular flexibility index (Phi) is 6.02. The van der Waals surface area contributed by atoms with Crippen LogP contribution in [0.5, 0.6) is 5.75 Å². The van der Waals surface area contributed by atoms with Crippen molar-refractivity contribution in [2.45, 2.75) is 24.5 Å². The number of benzene rings is 1. The molecular formula is C18H18BrN5O7. The van der Waals surface area contributed by atoms with E-state index in [-0.39, 0.29) is 23.7 Å². The van der Waals surface area contributed by atoms with Gasteiger partial charge in [0, 0.05) is 4.47 Å². The predicted molar refractivity (Wildman–Crippen MR) is 109 cm³/mol. The summed E-state index contributed by atoms with van der Waals surface area (Å²) in [4.78, 5) is 35.1. The number of amides is 1. The zero-order chi connectivity index (χ0) is 22.1. The van der Waals surface area contributed by atoms with Crippen LogP contribution in [-0.2, 0) is 9.53 Å². The highest BCUT2D eigenvalue weighted by molar-refractivity contribution is 9.10. The quantitative estimate of drug-likeness (QED) is 0.302. The zero-order valence-corrected chi connectivity index (χ0v) is 17.4. The molecule has 2 aromatic heterocycles. The Morgan fingerprint density at radius 2 is 2.03 bits per heavy atom. The minimum absolute atomic E-state index is 0.0164. The first-order chi connectivity index (χ1) is 14.9. The molecule has 3 aromatic rings. The fraction of sp³-hybridized carbons (Fsp3) is 0.333. The van der Waals surface area contributed by atoms with E-state index in [4.69, 9.17) is 9.47 Å². The molecule has 1 aromatic carbocycles. The van der Waals surface area contributed by atoms with E-state index < -0.39 is 42.6 Å². The summed E-state index contributed by atoms with van der Waals surface area (Å²) in [6.07, 6.45) is -3.63. The molecule has 0 unspecified atom stereocenters. The van der Waals surface area contributed by atoms with Gasteiger partial charge in [0.1, 0.15) is 24.1 Å². The number of aliphatic hydroxyl groups is 3. The Hall–Kier alpha value is -2.84. The summed E-state index contributed by atoms with van der Waals surface area (Å²) in [6, 6.07) is 6.89. The van der Waals surface area contributed by atoms with Crippen molar-refractivity contribution in [1.29, 1.82) is 0 Å². The normalized spacial score (nSPS) is 23.2. The van der Waals surface area contributed by atoms with Gasteiger partial charge in [0.15, 0.2) is 24.0 Å². The number of halogens is 1. The maximum absolute atomic E-state index is 12.3. The van der Waals surface area contributed by atoms with Gasteiger partial charge in [-0.3, -0.25) is 24.5 Å². The van der Waals surface area contributed by atoms with E-state index in [2.05, 4.69) is 36.2 Å². The Morgan fingerprint density at radius 1 is 1.29 bits per heavy atom. The van der Waals surface area contributed by atoms with Crippen molar-refractivity contribution in [3.63, 3.8) is 0 Å². The number of carbonyl (C=O) groups is 1. The van der Waals surface area contributed by atoms with Crippen LogP contribution in [0.1, 0.15) is 6.23 Å². The summed E-state index contributed by atoms with van der Waals surface area (Å²) < 4.78 is 13.0. The highest BCUT2D eigenvalue weighted by Crippen LogP contribution is 2.30. The highest BCUT2D eigenvalue weighted by atomic mass is 79.9. The Balaban J connectivity index is 1.53. The van der Waals surface area contributed by atoms with Crippen LogP contribution < -0.4 is 15.6 Å². The number of hydrogen-bond acceptors (Lipinski definition) is 9. The Labute approximate surface area is 182 Å². The second kappa shape index (κ2) is 8.72. The lowest BCUT2D eigenvalue weighted by Gasteiger charge is -2.16. The van der Waals surface area contributed by atoms with Crippen LogP contribution in [0.25, 0.3) is 11.2 Å². The minimum atomic E-state index is -1.38. The van der Waals surface area contributed by atoms with Crippen molar-refractivity contribution in [3.8, 4) is 5.75 Å². The van der Waals surface area contributed by atoms with E-state index in [1.807, 2.05) is 0 Å². The van der Waals surface area contributed by atoms with E-state index in [9.17, 15) is 24.9 Å². The fourth-order valence-electron chi connectivity index (χ4n) is 3.13. The summed E-state index contributed by atoms with van der Waals surface area (Å²) in [5, 5.41) is 31.9. The topological polar surface area (TPSA) is 172 Å². The predicted octanol–water partition coefficient (Wildman–Crippen LogP) is -0.489. The van der Waals surface area contributed by atoms with Crippen molar-refractivity contribution in [2.24, 2.45) is 0 Å². The lowest BCUT2D eigenvalue weighted by atomic mass is 10.1. The molecule has 12 nitrogen and oxygen atoms in total. The molecule has 13 heteroatoms. The highest BCUT2D eigenvalue weighted by Gasteiger charge is 2.44. The average molecular weight is 496 g/mol. The minimum Gasteiger partial charge on any atom is -0.484 e. The molecule has 0 aliphatic carbocycles. The molecule has 1 aliphatic rings. The number of fused-ring (bicyclic) bond motifs is 1. The SMILES string of the molecule is O=C(COc1ccc(Br)cc1)Nc1nc2c(ncn2[C@H]2O[C@@H](CO)[C@@H](O)[C@@H]2O)c(=O)[nH]1. The van der Waals surface area contributed by atoms with Crippen molar-refractivity contribution < 1.29 is 29.6 Å². The third-order valence-corrected chi connectivity index (χ3v) is 5.19. The van der Waals surface area contributed by atoms with Crippen LogP contribution in [0, 0.1) is 0 Å². The average Bonchev–Trinajstić information content (AvgIpc) is 3.29. The second-order valence-corrected chi connectivity index (χ2v) is 7.67. The van der Waals surface area contributed by atoms with Gasteiger partial charge in [0.2, 0.25) is 5.95 Å². The maximum Gasteiger partial charge on any atom is 0.280 e. The molecule has 4 rings (SSSR count). The van der Waals surface area contributed by atoms with Gasteiger partial charge in [0.25, 0.3) is 11.5 Å². The molecule has 0 radical (unpaired) electrons. The summed E-state index contributed by atoms with van der Waals surface area (Å²) in [6.45, 7) is -0.827. The summed E-state index contributed by atoms with van der Waals surface area (Å²) in [5.41, 5.74) is -0.663. The first-order valence-electron chi connectivity index (χ1n) is 9.15. The van der Waals surface area contributed by atoms with E-state index >= 15 is 0 Å². The Bertz CT molecular complexity index is 1150. The smallest absolute Gasteiger partial charge is 0.280 e. The molecule has 1 saturated heterocycles. The van der Waals surface area contributed by atoms with Crippen molar-refractivity contribution in [3.05, 3.63) is 45.4 Å². The number of aromatic nitrogens is 4. The first kappa shape index (κ1) is 21.4. The molecule has 31 heavy (non-hydrogen) atoms. The molecule has 0 bridgehead atoms. The summed E-state index contributed by atoms with van der Waals surface area (Å²) >= 11 is 3.30. The van der Waals surface area contributed by atoms with Gasteiger partial charge in [-0.2, -0.15) is 4.98 Å². The largest absolute Gasteiger partial charge is 0.484 e. The molecule has 0 saturated carbocycles. The number of nitrogens with zero attached hydrogens (tertiary/aromatic N) is 3. The van der Waals surface area contributed by atoms with Crippen LogP contribution in [0.4, 0.5) is 5.95 Å².